The molecule has 0 aromatic rings. The normalized spacial score (nSPS) is 17.2. The van der Waals surface area contributed by atoms with E-state index in [9.17, 15) is 9.59 Å². The van der Waals surface area contributed by atoms with E-state index in [2.05, 4.69) is 0 Å². The lowest BCUT2D eigenvalue weighted by Crippen LogP contribution is -2.38. The predicted molar refractivity (Wildman–Crippen MR) is 52.5 cm³/mol. The summed E-state index contributed by atoms with van der Waals surface area (Å²) < 4.78 is 0. The molecule has 1 aliphatic rings. The van der Waals surface area contributed by atoms with Crippen LogP contribution in [0.1, 0.15) is 12.8 Å². The first-order chi connectivity index (χ1) is 6.65. The third-order valence-corrected chi connectivity index (χ3v) is 2.37. The van der Waals surface area contributed by atoms with Crippen LogP contribution in [0.3, 0.4) is 0 Å². The van der Waals surface area contributed by atoms with E-state index in [1.807, 2.05) is 11.9 Å². The Morgan fingerprint density at radius 3 is 2.36 bits per heavy atom. The Labute approximate surface area is 83.8 Å². The van der Waals surface area contributed by atoms with Crippen LogP contribution in [0.5, 0.6) is 0 Å². The molecule has 1 saturated heterocycles. The molecule has 0 saturated carbocycles. The molecule has 80 valence electrons. The van der Waals surface area contributed by atoms with E-state index in [1.165, 1.54) is 4.90 Å². The number of hydrogen-bond donors (Lipinski definition) is 1. The summed E-state index contributed by atoms with van der Waals surface area (Å²) in [5.74, 6) is -0.0905. The number of hydrogen-bond acceptors (Lipinski definition) is 4. The summed E-state index contributed by atoms with van der Waals surface area (Å²) in [4.78, 5) is 25.8. The van der Waals surface area contributed by atoms with Crippen molar-refractivity contribution >= 4 is 11.8 Å². The molecule has 2 amide bonds. The standard InChI is InChI=1S/C9H17N3O2/c1-11(5-4-10)6-7-12-8(13)2-3-9(12)14/h2-7,10H2,1H3. The van der Waals surface area contributed by atoms with Crippen LogP contribution in [0.4, 0.5) is 0 Å². The van der Waals surface area contributed by atoms with E-state index >= 15 is 0 Å². The number of rotatable bonds is 5. The number of amides is 2. The van der Waals surface area contributed by atoms with Crippen molar-refractivity contribution in [1.82, 2.24) is 9.80 Å². The fourth-order valence-electron chi connectivity index (χ4n) is 1.48. The molecular weight excluding hydrogens is 182 g/mol. The van der Waals surface area contributed by atoms with Gasteiger partial charge >= 0.3 is 0 Å². The van der Waals surface area contributed by atoms with Crippen LogP contribution in [0.25, 0.3) is 0 Å². The zero-order valence-electron chi connectivity index (χ0n) is 8.53. The Balaban J connectivity index is 2.30. The second kappa shape index (κ2) is 5.07. The summed E-state index contributed by atoms with van der Waals surface area (Å²) in [7, 11) is 1.93. The number of carbonyl (C=O) groups is 2. The molecule has 1 rings (SSSR count). The van der Waals surface area contributed by atoms with Crippen LogP contribution in [0, 0.1) is 0 Å². The predicted octanol–water partition coefficient (Wildman–Crippen LogP) is -0.974. The summed E-state index contributed by atoms with van der Waals surface area (Å²) in [6.45, 7) is 2.58. The SMILES string of the molecule is CN(CCN)CCN1C(=O)CCC1=O. The van der Waals surface area contributed by atoms with Gasteiger partial charge in [-0.25, -0.2) is 0 Å². The minimum atomic E-state index is -0.0452. The van der Waals surface area contributed by atoms with Crippen LogP contribution in [-0.2, 0) is 9.59 Å². The summed E-state index contributed by atoms with van der Waals surface area (Å²) in [5, 5.41) is 0. The highest BCUT2D eigenvalue weighted by Gasteiger charge is 2.28. The fourth-order valence-corrected chi connectivity index (χ4v) is 1.48. The summed E-state index contributed by atoms with van der Waals surface area (Å²) in [6, 6.07) is 0. The van der Waals surface area contributed by atoms with Gasteiger partial charge < -0.3 is 10.6 Å². The molecule has 0 aromatic heterocycles. The molecule has 1 aliphatic heterocycles. The van der Waals surface area contributed by atoms with Gasteiger partial charge in [-0.15, -0.1) is 0 Å². The lowest BCUT2D eigenvalue weighted by molar-refractivity contribution is -0.138. The van der Waals surface area contributed by atoms with E-state index in [0.717, 1.165) is 6.54 Å². The summed E-state index contributed by atoms with van der Waals surface area (Å²) >= 11 is 0. The maximum Gasteiger partial charge on any atom is 0.229 e. The van der Waals surface area contributed by atoms with Crippen molar-refractivity contribution in [3.05, 3.63) is 0 Å². The Morgan fingerprint density at radius 2 is 1.86 bits per heavy atom. The topological polar surface area (TPSA) is 66.6 Å². The zero-order valence-corrected chi connectivity index (χ0v) is 8.53. The minimum absolute atomic E-state index is 0.0452. The van der Waals surface area contributed by atoms with E-state index in [0.29, 0.717) is 32.5 Å². The lowest BCUT2D eigenvalue weighted by atomic mass is 10.4. The van der Waals surface area contributed by atoms with Gasteiger partial charge in [0, 0.05) is 39.0 Å². The summed E-state index contributed by atoms with van der Waals surface area (Å²) in [6.07, 6.45) is 0.749. The highest BCUT2D eigenvalue weighted by atomic mass is 16.2. The van der Waals surface area contributed by atoms with Gasteiger partial charge in [0.15, 0.2) is 0 Å². The van der Waals surface area contributed by atoms with E-state index < -0.39 is 0 Å². The van der Waals surface area contributed by atoms with Gasteiger partial charge in [0.1, 0.15) is 0 Å². The number of likely N-dealkylation sites (N-methyl/N-ethyl adjacent to an activating group) is 1. The molecule has 1 heterocycles. The summed E-state index contributed by atoms with van der Waals surface area (Å²) in [5.41, 5.74) is 5.38. The van der Waals surface area contributed by atoms with Crippen LogP contribution in [-0.4, -0.2) is 54.8 Å². The molecule has 14 heavy (non-hydrogen) atoms. The van der Waals surface area contributed by atoms with Crippen molar-refractivity contribution in [2.45, 2.75) is 12.8 Å². The van der Waals surface area contributed by atoms with Gasteiger partial charge in [0.2, 0.25) is 11.8 Å². The number of carbonyl (C=O) groups excluding carboxylic acids is 2. The number of nitrogens with zero attached hydrogens (tertiary/aromatic N) is 2. The van der Waals surface area contributed by atoms with Gasteiger partial charge in [-0.1, -0.05) is 0 Å². The van der Waals surface area contributed by atoms with Crippen LogP contribution >= 0.6 is 0 Å². The highest BCUT2D eigenvalue weighted by molar-refractivity contribution is 6.01. The third-order valence-electron chi connectivity index (χ3n) is 2.37. The van der Waals surface area contributed by atoms with Gasteiger partial charge in [-0.05, 0) is 7.05 Å². The lowest BCUT2D eigenvalue weighted by Gasteiger charge is -2.19. The molecule has 0 atom stereocenters. The zero-order chi connectivity index (χ0) is 10.6. The van der Waals surface area contributed by atoms with Gasteiger partial charge in [0.05, 0.1) is 0 Å². The number of likely N-dealkylation sites (tertiary alicyclic amines) is 1. The van der Waals surface area contributed by atoms with Crippen molar-refractivity contribution in [3.8, 4) is 0 Å². The molecule has 5 nitrogen and oxygen atoms in total. The minimum Gasteiger partial charge on any atom is -0.329 e. The van der Waals surface area contributed by atoms with Gasteiger partial charge in [0.25, 0.3) is 0 Å². The van der Waals surface area contributed by atoms with Crippen molar-refractivity contribution in [2.24, 2.45) is 5.73 Å². The second-order valence-corrected chi connectivity index (χ2v) is 3.53. The average molecular weight is 199 g/mol. The van der Waals surface area contributed by atoms with E-state index in [1.54, 1.807) is 0 Å². The maximum atomic E-state index is 11.2. The monoisotopic (exact) mass is 199 g/mol. The molecule has 0 bridgehead atoms. The Kier molecular flexibility index (Phi) is 4.03. The van der Waals surface area contributed by atoms with Crippen LogP contribution < -0.4 is 5.73 Å². The van der Waals surface area contributed by atoms with Crippen molar-refractivity contribution in [2.75, 3.05) is 33.2 Å². The van der Waals surface area contributed by atoms with Crippen LogP contribution in [0.15, 0.2) is 0 Å². The second-order valence-electron chi connectivity index (χ2n) is 3.53. The largest absolute Gasteiger partial charge is 0.329 e. The van der Waals surface area contributed by atoms with Gasteiger partial charge in [-0.2, -0.15) is 0 Å². The first-order valence-corrected chi connectivity index (χ1v) is 4.87. The number of nitrogens with two attached hydrogens (primary N) is 1. The molecule has 0 radical (unpaired) electrons. The Morgan fingerprint density at radius 1 is 1.29 bits per heavy atom. The molecule has 5 heteroatoms. The number of imide groups is 1. The van der Waals surface area contributed by atoms with Crippen molar-refractivity contribution in [3.63, 3.8) is 0 Å². The van der Waals surface area contributed by atoms with E-state index in [-0.39, 0.29) is 11.8 Å². The molecule has 0 spiro atoms. The highest BCUT2D eigenvalue weighted by Crippen LogP contribution is 2.10. The van der Waals surface area contributed by atoms with Crippen LogP contribution in [0.2, 0.25) is 0 Å². The van der Waals surface area contributed by atoms with Crippen molar-refractivity contribution in [1.29, 1.82) is 0 Å². The first kappa shape index (κ1) is 11.1. The van der Waals surface area contributed by atoms with E-state index in [4.69, 9.17) is 5.73 Å². The third kappa shape index (κ3) is 2.78. The fraction of sp³-hybridized carbons (Fsp3) is 0.778. The Bertz CT molecular complexity index is 214. The molecule has 1 fully saturated rings. The molecule has 0 aromatic carbocycles. The Hall–Kier alpha value is -0.940. The van der Waals surface area contributed by atoms with Gasteiger partial charge in [-0.3, -0.25) is 14.5 Å². The van der Waals surface area contributed by atoms with Crippen molar-refractivity contribution < 1.29 is 9.59 Å². The maximum absolute atomic E-state index is 11.2. The molecule has 0 unspecified atom stereocenters. The molecular formula is C9H17N3O2. The quantitative estimate of drug-likeness (QED) is 0.578. The smallest absolute Gasteiger partial charge is 0.229 e. The average Bonchev–Trinajstić information content (AvgIpc) is 2.44. The first-order valence-electron chi connectivity index (χ1n) is 4.87. The molecule has 2 N–H and O–H groups in total. The molecule has 0 aliphatic carbocycles.